The average molecular weight is 451 g/mol. The molecule has 3 aromatic rings. The van der Waals surface area contributed by atoms with E-state index in [1.165, 1.54) is 11.6 Å². The molecule has 1 saturated heterocycles. The van der Waals surface area contributed by atoms with Crippen LogP contribution in [0, 0.1) is 5.82 Å². The van der Waals surface area contributed by atoms with Crippen LogP contribution >= 0.6 is 0 Å². The molecular weight excluding hydrogens is 423 g/mol. The predicted molar refractivity (Wildman–Crippen MR) is 122 cm³/mol. The number of carbonyl (C=O) groups excluding carboxylic acids is 1. The van der Waals surface area contributed by atoms with Crippen LogP contribution in [0.25, 0.3) is 11.3 Å². The number of ether oxygens (including phenoxy) is 2. The van der Waals surface area contributed by atoms with Gasteiger partial charge in [-0.3, -0.25) is 9.69 Å². The lowest BCUT2D eigenvalue weighted by Crippen LogP contribution is -2.48. The maximum atomic E-state index is 13.9. The predicted octanol–water partition coefficient (Wildman–Crippen LogP) is 4.13. The molecule has 5 rings (SSSR count). The molecule has 0 saturated carbocycles. The number of nitrogens with zero attached hydrogens (tertiary/aromatic N) is 2. The molecule has 1 fully saturated rings. The summed E-state index contributed by atoms with van der Waals surface area (Å²) in [5, 5.41) is 0. The van der Waals surface area contributed by atoms with E-state index in [0.717, 1.165) is 31.1 Å². The molecule has 1 amide bonds. The average Bonchev–Trinajstić information content (AvgIpc) is 3.32. The number of aryl methyl sites for hydroxylation is 1. The number of hydrogen-bond acceptors (Lipinski definition) is 5. The molecule has 172 valence electrons. The first-order chi connectivity index (χ1) is 16.2. The maximum Gasteiger partial charge on any atom is 0.223 e. The summed E-state index contributed by atoms with van der Waals surface area (Å²) in [5.74, 6) is 2.60. The molecule has 0 atom stereocenters. The first kappa shape index (κ1) is 21.5. The van der Waals surface area contributed by atoms with E-state index in [2.05, 4.69) is 11.0 Å². The Hall–Kier alpha value is -3.32. The zero-order chi connectivity index (χ0) is 22.6. The van der Waals surface area contributed by atoms with Crippen molar-refractivity contribution in [3.8, 4) is 22.8 Å². The lowest BCUT2D eigenvalue weighted by Gasteiger charge is -2.35. The van der Waals surface area contributed by atoms with Crippen LogP contribution < -0.4 is 9.47 Å². The zero-order valence-corrected chi connectivity index (χ0v) is 18.5. The number of amides is 1. The molecule has 2 aromatic carbocycles. The fourth-order valence-corrected chi connectivity index (χ4v) is 4.31. The molecule has 1 aromatic heterocycles. The number of piperazine rings is 1. The Balaban J connectivity index is 1.09. The third kappa shape index (κ3) is 5.03. The van der Waals surface area contributed by atoms with Gasteiger partial charge in [-0.1, -0.05) is 18.2 Å². The third-order valence-corrected chi connectivity index (χ3v) is 6.12. The van der Waals surface area contributed by atoms with Gasteiger partial charge in [0.05, 0.1) is 5.56 Å². The van der Waals surface area contributed by atoms with Gasteiger partial charge in [0, 0.05) is 45.6 Å². The number of hydrogen-bond donors (Lipinski definition) is 0. The first-order valence-corrected chi connectivity index (χ1v) is 11.4. The Kier molecular flexibility index (Phi) is 6.30. The van der Waals surface area contributed by atoms with Gasteiger partial charge in [-0.25, -0.2) is 4.39 Å². The van der Waals surface area contributed by atoms with Crippen LogP contribution in [0.3, 0.4) is 0 Å². The Bertz CT molecular complexity index is 1120. The number of carbonyl (C=O) groups is 1. The van der Waals surface area contributed by atoms with Gasteiger partial charge in [-0.2, -0.15) is 0 Å². The van der Waals surface area contributed by atoms with Gasteiger partial charge < -0.3 is 18.8 Å². The molecule has 2 aliphatic rings. The largest absolute Gasteiger partial charge is 0.486 e. The Morgan fingerprint density at radius 1 is 0.909 bits per heavy atom. The van der Waals surface area contributed by atoms with Crippen LogP contribution in [0.1, 0.15) is 17.7 Å². The normalized spacial score (nSPS) is 16.1. The minimum atomic E-state index is -0.316. The number of furan rings is 1. The third-order valence-electron chi connectivity index (χ3n) is 6.12. The van der Waals surface area contributed by atoms with Gasteiger partial charge in [-0.15, -0.1) is 0 Å². The summed E-state index contributed by atoms with van der Waals surface area (Å²) in [4.78, 5) is 17.0. The summed E-state index contributed by atoms with van der Waals surface area (Å²) in [6, 6.07) is 16.2. The molecule has 0 unspecified atom stereocenters. The second kappa shape index (κ2) is 9.67. The molecule has 3 heterocycles. The fraction of sp³-hybridized carbons (Fsp3) is 0.346. The summed E-state index contributed by atoms with van der Waals surface area (Å²) >= 11 is 0. The Labute approximate surface area is 192 Å². The molecule has 2 aliphatic heterocycles. The van der Waals surface area contributed by atoms with Crippen molar-refractivity contribution < 1.29 is 23.1 Å². The molecule has 0 spiro atoms. The van der Waals surface area contributed by atoms with Crippen molar-refractivity contribution in [2.75, 3.05) is 39.4 Å². The molecule has 33 heavy (non-hydrogen) atoms. The van der Waals surface area contributed by atoms with E-state index >= 15 is 0 Å². The second-order valence-corrected chi connectivity index (χ2v) is 8.38. The maximum absolute atomic E-state index is 13.9. The van der Waals surface area contributed by atoms with E-state index in [1.807, 2.05) is 23.1 Å². The highest BCUT2D eigenvalue weighted by molar-refractivity contribution is 5.76. The van der Waals surface area contributed by atoms with Crippen molar-refractivity contribution in [1.82, 2.24) is 9.80 Å². The fourth-order valence-electron chi connectivity index (χ4n) is 4.31. The second-order valence-electron chi connectivity index (χ2n) is 8.38. The molecule has 0 bridgehead atoms. The van der Waals surface area contributed by atoms with E-state index in [0.29, 0.717) is 56.2 Å². The number of fused-ring (bicyclic) bond motifs is 1. The van der Waals surface area contributed by atoms with Crippen LogP contribution in [0.5, 0.6) is 11.5 Å². The van der Waals surface area contributed by atoms with Crippen molar-refractivity contribution in [3.63, 3.8) is 0 Å². The monoisotopic (exact) mass is 450 g/mol. The summed E-state index contributed by atoms with van der Waals surface area (Å²) in [6.07, 6.45) is 0.886. The Morgan fingerprint density at radius 3 is 2.52 bits per heavy atom. The highest BCUT2D eigenvalue weighted by Gasteiger charge is 2.22. The lowest BCUT2D eigenvalue weighted by atomic mass is 10.1. The smallest absolute Gasteiger partial charge is 0.223 e. The first-order valence-electron chi connectivity index (χ1n) is 11.4. The van der Waals surface area contributed by atoms with Gasteiger partial charge in [-0.05, 0) is 42.0 Å². The quantitative estimate of drug-likeness (QED) is 0.565. The SMILES string of the molecule is O=C(CCc1ccc(-c2ccccc2F)o1)N1CCN(Cc2ccc3c(c2)OCCO3)CC1. The standard InChI is InChI=1S/C26H27FN2O4/c27-22-4-2-1-3-21(22)23-9-6-20(33-23)7-10-26(30)29-13-11-28(12-14-29)18-19-5-8-24-25(17-19)32-16-15-31-24/h1-6,8-9,17H,7,10-16,18H2. The van der Waals surface area contributed by atoms with Crippen molar-refractivity contribution in [1.29, 1.82) is 0 Å². The minimum Gasteiger partial charge on any atom is -0.486 e. The van der Waals surface area contributed by atoms with Crippen molar-refractivity contribution in [2.24, 2.45) is 0 Å². The van der Waals surface area contributed by atoms with Crippen LogP contribution in [0.2, 0.25) is 0 Å². The zero-order valence-electron chi connectivity index (χ0n) is 18.5. The summed E-state index contributed by atoms with van der Waals surface area (Å²) in [6.45, 7) is 5.08. The molecule has 0 radical (unpaired) electrons. The molecule has 7 heteroatoms. The van der Waals surface area contributed by atoms with E-state index in [4.69, 9.17) is 13.9 Å². The van der Waals surface area contributed by atoms with E-state index in [-0.39, 0.29) is 11.7 Å². The highest BCUT2D eigenvalue weighted by Crippen LogP contribution is 2.31. The van der Waals surface area contributed by atoms with Crippen LogP contribution in [0.15, 0.2) is 59.0 Å². The summed E-state index contributed by atoms with van der Waals surface area (Å²) in [7, 11) is 0. The van der Waals surface area contributed by atoms with Gasteiger partial charge in [0.25, 0.3) is 0 Å². The molecule has 0 aliphatic carbocycles. The number of halogens is 1. The topological polar surface area (TPSA) is 55.2 Å². The van der Waals surface area contributed by atoms with Crippen LogP contribution in [-0.4, -0.2) is 55.1 Å². The van der Waals surface area contributed by atoms with E-state index in [9.17, 15) is 9.18 Å². The van der Waals surface area contributed by atoms with Crippen molar-refractivity contribution >= 4 is 5.91 Å². The lowest BCUT2D eigenvalue weighted by molar-refractivity contribution is -0.133. The molecule has 0 N–H and O–H groups in total. The van der Waals surface area contributed by atoms with Crippen LogP contribution in [0.4, 0.5) is 4.39 Å². The van der Waals surface area contributed by atoms with Gasteiger partial charge in [0.1, 0.15) is 30.6 Å². The minimum absolute atomic E-state index is 0.123. The van der Waals surface area contributed by atoms with Crippen LogP contribution in [-0.2, 0) is 17.8 Å². The number of rotatable bonds is 6. The van der Waals surface area contributed by atoms with Crippen molar-refractivity contribution in [2.45, 2.75) is 19.4 Å². The highest BCUT2D eigenvalue weighted by atomic mass is 19.1. The molecule has 6 nitrogen and oxygen atoms in total. The molecular formula is C26H27FN2O4. The van der Waals surface area contributed by atoms with Crippen molar-refractivity contribution in [3.05, 3.63) is 71.7 Å². The summed E-state index contributed by atoms with van der Waals surface area (Å²) in [5.41, 5.74) is 1.62. The van der Waals surface area contributed by atoms with Gasteiger partial charge in [0.15, 0.2) is 11.5 Å². The van der Waals surface area contributed by atoms with Gasteiger partial charge in [0.2, 0.25) is 5.91 Å². The summed E-state index contributed by atoms with van der Waals surface area (Å²) < 4.78 is 31.0. The van der Waals surface area contributed by atoms with Gasteiger partial charge >= 0.3 is 0 Å². The number of benzene rings is 2. The Morgan fingerprint density at radius 2 is 1.70 bits per heavy atom. The van der Waals surface area contributed by atoms with E-state index in [1.54, 1.807) is 24.3 Å². The van der Waals surface area contributed by atoms with E-state index < -0.39 is 0 Å².